The third kappa shape index (κ3) is 2.56. The van der Waals surface area contributed by atoms with E-state index >= 15 is 0 Å². The average Bonchev–Trinajstić information content (AvgIpc) is 2.21. The van der Waals surface area contributed by atoms with Gasteiger partial charge in [0.05, 0.1) is 0 Å². The maximum Gasteiger partial charge on any atom is 0.0178 e. The van der Waals surface area contributed by atoms with E-state index in [9.17, 15) is 0 Å². The fraction of sp³-hybridized carbons (Fsp3) is 0.417. The quantitative estimate of drug-likeness (QED) is 0.750. The van der Waals surface area contributed by atoms with Crippen molar-refractivity contribution in [3.8, 4) is 0 Å². The van der Waals surface area contributed by atoms with E-state index in [1.807, 2.05) is 0 Å². The van der Waals surface area contributed by atoms with E-state index in [-0.39, 0.29) is 0 Å². The number of benzene rings is 1. The molecule has 0 fully saturated rings. The summed E-state index contributed by atoms with van der Waals surface area (Å²) in [5, 5.41) is 0. The molecule has 71 valence electrons. The van der Waals surface area contributed by atoms with Gasteiger partial charge >= 0.3 is 0 Å². The first-order chi connectivity index (χ1) is 6.31. The molecule has 0 heterocycles. The molecule has 0 aliphatic heterocycles. The van der Waals surface area contributed by atoms with Crippen LogP contribution in [0.3, 0.4) is 0 Å². The Morgan fingerprint density at radius 1 is 1.08 bits per heavy atom. The molecule has 0 bridgehead atoms. The van der Waals surface area contributed by atoms with Crippen molar-refractivity contribution >= 4 is 0 Å². The molecule has 1 aromatic rings. The third-order valence-electron chi connectivity index (χ3n) is 2.45. The monoisotopic (exact) mass is 176 g/mol. The van der Waals surface area contributed by atoms with Crippen LogP contribution in [0.5, 0.6) is 0 Å². The van der Waals surface area contributed by atoms with Crippen LogP contribution in [0.1, 0.15) is 37.8 Å². The van der Waals surface area contributed by atoms with E-state index < -0.39 is 0 Å². The largest absolute Gasteiger partial charge is 0.326 e. The van der Waals surface area contributed by atoms with Crippen molar-refractivity contribution in [1.82, 2.24) is 0 Å². The van der Waals surface area contributed by atoms with Gasteiger partial charge in [-0.25, -0.2) is 0 Å². The van der Waals surface area contributed by atoms with Crippen molar-refractivity contribution in [1.29, 1.82) is 0 Å². The highest BCUT2D eigenvalue weighted by Crippen LogP contribution is 2.21. The fourth-order valence-corrected chi connectivity index (χ4v) is 1.53. The molecule has 13 heavy (non-hydrogen) atoms. The summed E-state index contributed by atoms with van der Waals surface area (Å²) in [7, 11) is 0. The fourth-order valence-electron chi connectivity index (χ4n) is 1.53. The summed E-state index contributed by atoms with van der Waals surface area (Å²) in [4.78, 5) is 0. The number of nitrogens with two attached hydrogens (primary N) is 1. The molecule has 0 saturated carbocycles. The number of rotatable bonds is 4. The standard InChI is InChI=1S/C12H18N/c1-3-11(4-2)12-7-5-10(9-13)6-8-12/h5-8H,3-4,9,13H2,1-2H3. The molecular weight excluding hydrogens is 158 g/mol. The third-order valence-corrected chi connectivity index (χ3v) is 2.45. The second-order valence-electron chi connectivity index (χ2n) is 3.21. The van der Waals surface area contributed by atoms with E-state index in [0.29, 0.717) is 6.54 Å². The summed E-state index contributed by atoms with van der Waals surface area (Å²) in [6.07, 6.45) is 2.27. The van der Waals surface area contributed by atoms with E-state index in [1.165, 1.54) is 17.0 Å². The number of hydrogen-bond donors (Lipinski definition) is 1. The summed E-state index contributed by atoms with van der Waals surface area (Å²) in [6.45, 7) is 5.04. The zero-order chi connectivity index (χ0) is 9.68. The first-order valence-electron chi connectivity index (χ1n) is 4.95. The summed E-state index contributed by atoms with van der Waals surface area (Å²) < 4.78 is 0. The van der Waals surface area contributed by atoms with Gasteiger partial charge in [-0.2, -0.15) is 0 Å². The Hall–Kier alpha value is -0.820. The van der Waals surface area contributed by atoms with Gasteiger partial charge in [0.15, 0.2) is 0 Å². The minimum Gasteiger partial charge on any atom is -0.326 e. The van der Waals surface area contributed by atoms with Crippen LogP contribution in [-0.2, 0) is 6.54 Å². The summed E-state index contributed by atoms with van der Waals surface area (Å²) >= 11 is 0. The van der Waals surface area contributed by atoms with Gasteiger partial charge in [-0.15, -0.1) is 0 Å². The Kier molecular flexibility index (Phi) is 3.97. The van der Waals surface area contributed by atoms with Gasteiger partial charge in [-0.1, -0.05) is 38.1 Å². The van der Waals surface area contributed by atoms with Crippen LogP contribution in [-0.4, -0.2) is 0 Å². The second kappa shape index (κ2) is 5.03. The van der Waals surface area contributed by atoms with Gasteiger partial charge in [0.1, 0.15) is 0 Å². The highest BCUT2D eigenvalue weighted by atomic mass is 14.5. The van der Waals surface area contributed by atoms with Crippen molar-refractivity contribution in [3.05, 3.63) is 41.3 Å². The first kappa shape index (κ1) is 10.3. The molecule has 1 radical (unpaired) electrons. The maximum atomic E-state index is 5.53. The van der Waals surface area contributed by atoms with Crippen molar-refractivity contribution < 1.29 is 0 Å². The summed E-state index contributed by atoms with van der Waals surface area (Å²) in [6, 6.07) is 8.57. The van der Waals surface area contributed by atoms with Gasteiger partial charge in [0, 0.05) is 12.5 Å². The summed E-state index contributed by atoms with van der Waals surface area (Å²) in [5.41, 5.74) is 8.10. The van der Waals surface area contributed by atoms with E-state index in [2.05, 4.69) is 38.1 Å². The van der Waals surface area contributed by atoms with Crippen molar-refractivity contribution in [2.45, 2.75) is 33.2 Å². The molecule has 0 unspecified atom stereocenters. The molecule has 1 heteroatoms. The van der Waals surface area contributed by atoms with Gasteiger partial charge in [-0.05, 0) is 24.0 Å². The van der Waals surface area contributed by atoms with Crippen LogP contribution in [0.25, 0.3) is 0 Å². The minimum absolute atomic E-state index is 0.633. The lowest BCUT2D eigenvalue weighted by atomic mass is 9.93. The van der Waals surface area contributed by atoms with Crippen molar-refractivity contribution in [2.24, 2.45) is 5.73 Å². The molecule has 0 amide bonds. The molecule has 0 aliphatic carbocycles. The zero-order valence-corrected chi connectivity index (χ0v) is 8.51. The zero-order valence-electron chi connectivity index (χ0n) is 8.51. The molecule has 0 spiro atoms. The highest BCUT2D eigenvalue weighted by molar-refractivity contribution is 5.32. The van der Waals surface area contributed by atoms with Gasteiger partial charge < -0.3 is 5.73 Å². The van der Waals surface area contributed by atoms with E-state index in [4.69, 9.17) is 5.73 Å². The second-order valence-corrected chi connectivity index (χ2v) is 3.21. The lowest BCUT2D eigenvalue weighted by Gasteiger charge is -2.11. The van der Waals surface area contributed by atoms with Crippen LogP contribution >= 0.6 is 0 Å². The molecule has 0 saturated heterocycles. The maximum absolute atomic E-state index is 5.53. The molecule has 1 rings (SSSR count). The Morgan fingerprint density at radius 2 is 1.62 bits per heavy atom. The molecular formula is C12H18N. The highest BCUT2D eigenvalue weighted by Gasteiger charge is 2.06. The van der Waals surface area contributed by atoms with Crippen LogP contribution in [0.4, 0.5) is 0 Å². The minimum atomic E-state index is 0.633. The summed E-state index contributed by atoms with van der Waals surface area (Å²) in [5.74, 6) is 1.52. The lowest BCUT2D eigenvalue weighted by Crippen LogP contribution is -1.99. The Balaban J connectivity index is 2.78. The average molecular weight is 176 g/mol. The molecule has 0 aromatic heterocycles. The van der Waals surface area contributed by atoms with Crippen LogP contribution in [0, 0.1) is 5.92 Å². The first-order valence-corrected chi connectivity index (χ1v) is 4.95. The Labute approximate surface area is 81.0 Å². The SMILES string of the molecule is CC[C](CC)c1ccc(CN)cc1. The van der Waals surface area contributed by atoms with Crippen LogP contribution < -0.4 is 5.73 Å². The van der Waals surface area contributed by atoms with Crippen LogP contribution in [0.2, 0.25) is 0 Å². The predicted molar refractivity (Wildman–Crippen MR) is 57.3 cm³/mol. The Bertz CT molecular complexity index is 234. The molecule has 1 nitrogen and oxygen atoms in total. The predicted octanol–water partition coefficient (Wildman–Crippen LogP) is 2.89. The molecule has 1 aromatic carbocycles. The van der Waals surface area contributed by atoms with Gasteiger partial charge in [0.25, 0.3) is 0 Å². The van der Waals surface area contributed by atoms with E-state index in [0.717, 1.165) is 12.8 Å². The number of hydrogen-bond acceptors (Lipinski definition) is 1. The normalized spacial score (nSPS) is 10.8. The Morgan fingerprint density at radius 3 is 2.00 bits per heavy atom. The molecule has 2 N–H and O–H groups in total. The van der Waals surface area contributed by atoms with Crippen molar-refractivity contribution in [3.63, 3.8) is 0 Å². The van der Waals surface area contributed by atoms with Crippen LogP contribution in [0.15, 0.2) is 24.3 Å². The van der Waals surface area contributed by atoms with Crippen molar-refractivity contribution in [2.75, 3.05) is 0 Å². The van der Waals surface area contributed by atoms with Gasteiger partial charge in [0.2, 0.25) is 0 Å². The smallest absolute Gasteiger partial charge is 0.0178 e. The molecule has 0 aliphatic rings. The van der Waals surface area contributed by atoms with Gasteiger partial charge in [-0.3, -0.25) is 0 Å². The lowest BCUT2D eigenvalue weighted by molar-refractivity contribution is 0.848. The molecule has 0 atom stereocenters. The topological polar surface area (TPSA) is 26.0 Å². The van der Waals surface area contributed by atoms with E-state index in [1.54, 1.807) is 0 Å².